The smallest absolute Gasteiger partial charge is 0.251 e. The van der Waals surface area contributed by atoms with E-state index in [1.807, 2.05) is 19.1 Å². The lowest BCUT2D eigenvalue weighted by Gasteiger charge is -2.26. The summed E-state index contributed by atoms with van der Waals surface area (Å²) in [5.41, 5.74) is 10.7. The molecule has 3 aliphatic rings. The third-order valence-electron chi connectivity index (χ3n) is 9.25. The second-order valence-electron chi connectivity index (χ2n) is 12.5. The fraction of sp³-hybridized carbons (Fsp3) is 0.382. The Bertz CT molecular complexity index is 1710. The minimum Gasteiger partial charge on any atom is -0.489 e. The van der Waals surface area contributed by atoms with E-state index in [9.17, 15) is 14.0 Å². The molecular weight excluding hydrogens is 550 g/mol. The van der Waals surface area contributed by atoms with Crippen molar-refractivity contribution in [2.45, 2.75) is 64.8 Å². The largest absolute Gasteiger partial charge is 0.489 e. The molecule has 9 heteroatoms. The number of nitrogens with zero attached hydrogens (tertiary/aromatic N) is 1. The third-order valence-corrected chi connectivity index (χ3v) is 9.25. The molecule has 4 N–H and O–H groups in total. The van der Waals surface area contributed by atoms with Crippen LogP contribution in [0.1, 0.15) is 77.8 Å². The van der Waals surface area contributed by atoms with Crippen LogP contribution in [-0.4, -0.2) is 36.0 Å². The molecule has 1 aromatic heterocycles. The second-order valence-corrected chi connectivity index (χ2v) is 12.5. The number of anilines is 1. The molecule has 7 nitrogen and oxygen atoms in total. The first-order valence-electron chi connectivity index (χ1n) is 14.7. The Labute approximate surface area is 249 Å². The van der Waals surface area contributed by atoms with Gasteiger partial charge < -0.3 is 21.1 Å². The number of aromatic nitrogens is 1. The van der Waals surface area contributed by atoms with Gasteiger partial charge in [-0.1, -0.05) is 11.6 Å². The Kier molecular flexibility index (Phi) is 7.02. The van der Waals surface area contributed by atoms with Crippen LogP contribution in [0.3, 0.4) is 0 Å². The zero-order chi connectivity index (χ0) is 30.8. The van der Waals surface area contributed by atoms with E-state index in [1.54, 1.807) is 13.0 Å². The lowest BCUT2D eigenvalue weighted by molar-refractivity contribution is -0.123. The molecule has 1 unspecified atom stereocenters. The SMILES string of the molecule is CC1=Cc2cc(C(=O)NC[C@H](c3cc4c(c(-c5cc(F)c(C)cc5F)n3)OC[C@]4(C)C(N)=O)C3CC3)cc(C)c2NC1C. The van der Waals surface area contributed by atoms with Crippen LogP contribution in [0.4, 0.5) is 14.5 Å². The number of pyridine rings is 1. The number of nitrogens with two attached hydrogens (primary N) is 1. The van der Waals surface area contributed by atoms with Crippen molar-refractivity contribution in [3.8, 4) is 17.0 Å². The third kappa shape index (κ3) is 5.04. The number of nitrogens with one attached hydrogen (secondary N) is 2. The maximum Gasteiger partial charge on any atom is 0.251 e. The number of halogens is 2. The van der Waals surface area contributed by atoms with E-state index in [-0.39, 0.29) is 59.5 Å². The topological polar surface area (TPSA) is 106 Å². The summed E-state index contributed by atoms with van der Waals surface area (Å²) < 4.78 is 35.8. The number of benzene rings is 2. The van der Waals surface area contributed by atoms with Crippen LogP contribution in [0.5, 0.6) is 5.75 Å². The van der Waals surface area contributed by atoms with Crippen LogP contribution in [-0.2, 0) is 10.2 Å². The van der Waals surface area contributed by atoms with E-state index < -0.39 is 23.0 Å². The molecule has 224 valence electrons. The van der Waals surface area contributed by atoms with Crippen molar-refractivity contribution in [3.05, 3.63) is 81.1 Å². The molecule has 0 bridgehead atoms. The zero-order valence-corrected chi connectivity index (χ0v) is 25.0. The van der Waals surface area contributed by atoms with Crippen LogP contribution in [0.25, 0.3) is 17.3 Å². The molecular formula is C34H36F2N4O3. The van der Waals surface area contributed by atoms with Gasteiger partial charge in [-0.15, -0.1) is 0 Å². The first kappa shape index (κ1) is 28.8. The van der Waals surface area contributed by atoms with Gasteiger partial charge in [0.1, 0.15) is 35.1 Å². The molecule has 0 saturated heterocycles. The Morgan fingerprint density at radius 3 is 2.56 bits per heavy atom. The monoisotopic (exact) mass is 586 g/mol. The number of amides is 2. The van der Waals surface area contributed by atoms with Crippen LogP contribution >= 0.6 is 0 Å². The van der Waals surface area contributed by atoms with Gasteiger partial charge in [0.25, 0.3) is 5.91 Å². The van der Waals surface area contributed by atoms with Gasteiger partial charge in [-0.3, -0.25) is 9.59 Å². The summed E-state index contributed by atoms with van der Waals surface area (Å²) in [4.78, 5) is 30.9. The first-order valence-corrected chi connectivity index (χ1v) is 14.7. The highest BCUT2D eigenvalue weighted by Gasteiger charge is 2.45. The van der Waals surface area contributed by atoms with Gasteiger partial charge in [-0.25, -0.2) is 13.8 Å². The number of hydrogen-bond donors (Lipinski definition) is 3. The molecule has 2 aliphatic heterocycles. The van der Waals surface area contributed by atoms with E-state index in [0.717, 1.165) is 41.8 Å². The number of carbonyl (C=O) groups excluding carboxylic acids is 2. The Morgan fingerprint density at radius 2 is 1.86 bits per heavy atom. The van der Waals surface area contributed by atoms with E-state index >= 15 is 4.39 Å². The normalized spacial score (nSPS) is 21.2. The van der Waals surface area contributed by atoms with Crippen molar-refractivity contribution < 1.29 is 23.1 Å². The quantitative estimate of drug-likeness (QED) is 0.319. The van der Waals surface area contributed by atoms with Gasteiger partial charge >= 0.3 is 0 Å². The van der Waals surface area contributed by atoms with Crippen LogP contribution < -0.4 is 21.1 Å². The Hall–Kier alpha value is -4.27. The van der Waals surface area contributed by atoms with E-state index in [1.165, 1.54) is 12.5 Å². The molecule has 3 heterocycles. The van der Waals surface area contributed by atoms with Crippen LogP contribution in [0.15, 0.2) is 35.9 Å². The predicted molar refractivity (Wildman–Crippen MR) is 162 cm³/mol. The summed E-state index contributed by atoms with van der Waals surface area (Å²) in [6.45, 7) is 9.57. The van der Waals surface area contributed by atoms with Crippen molar-refractivity contribution >= 4 is 23.6 Å². The summed E-state index contributed by atoms with van der Waals surface area (Å²) >= 11 is 0. The molecule has 3 aromatic rings. The number of primary amides is 1. The number of fused-ring (bicyclic) bond motifs is 2. The van der Waals surface area contributed by atoms with Gasteiger partial charge in [0.05, 0.1) is 0 Å². The van der Waals surface area contributed by atoms with E-state index in [2.05, 4.69) is 30.6 Å². The molecule has 2 amide bonds. The van der Waals surface area contributed by atoms with Gasteiger partial charge in [-0.2, -0.15) is 0 Å². The lowest BCUT2D eigenvalue weighted by Crippen LogP contribution is -2.40. The lowest BCUT2D eigenvalue weighted by atomic mass is 9.82. The number of hydrogen-bond acceptors (Lipinski definition) is 5. The highest BCUT2D eigenvalue weighted by molar-refractivity contribution is 5.96. The zero-order valence-electron chi connectivity index (χ0n) is 25.0. The summed E-state index contributed by atoms with van der Waals surface area (Å²) in [5.74, 6) is -1.77. The van der Waals surface area contributed by atoms with Crippen LogP contribution in [0, 0.1) is 31.4 Å². The fourth-order valence-corrected chi connectivity index (χ4v) is 6.08. The van der Waals surface area contributed by atoms with Crippen molar-refractivity contribution in [1.29, 1.82) is 0 Å². The maximum atomic E-state index is 15.3. The average Bonchev–Trinajstić information content (AvgIpc) is 3.74. The molecule has 1 aliphatic carbocycles. The summed E-state index contributed by atoms with van der Waals surface area (Å²) in [7, 11) is 0. The van der Waals surface area contributed by atoms with Gasteiger partial charge in [0, 0.05) is 46.6 Å². The van der Waals surface area contributed by atoms with Gasteiger partial charge in [0.15, 0.2) is 0 Å². The van der Waals surface area contributed by atoms with Crippen LogP contribution in [0.2, 0.25) is 0 Å². The maximum absolute atomic E-state index is 15.3. The molecule has 0 radical (unpaired) electrons. The summed E-state index contributed by atoms with van der Waals surface area (Å²) in [5, 5.41) is 6.60. The average molecular weight is 587 g/mol. The Balaban J connectivity index is 1.36. The number of carbonyl (C=O) groups is 2. The Morgan fingerprint density at radius 1 is 1.12 bits per heavy atom. The highest BCUT2D eigenvalue weighted by Crippen LogP contribution is 2.48. The number of rotatable bonds is 7. The van der Waals surface area contributed by atoms with Crippen molar-refractivity contribution in [3.63, 3.8) is 0 Å². The molecule has 6 rings (SSSR count). The second kappa shape index (κ2) is 10.5. The molecule has 3 atom stereocenters. The fourth-order valence-electron chi connectivity index (χ4n) is 6.08. The standard InChI is InChI=1S/C34H36F2N4O3/c1-16-8-21-11-22(9-18(3)29(21)39-19(16)4)32(41)38-14-24(20-6-7-20)28-13-25-31(43-15-34(25,5)33(37)42)30(40-28)23-12-26(35)17(2)10-27(23)36/h8-13,19-20,24,39H,6-7,14-15H2,1-5H3,(H2,37,42)(H,38,41)/t19?,24-,34-/m0/s1. The van der Waals surface area contributed by atoms with Gasteiger partial charge in [0.2, 0.25) is 5.91 Å². The van der Waals surface area contributed by atoms with Crippen molar-refractivity contribution in [2.24, 2.45) is 11.7 Å². The molecule has 0 spiro atoms. The van der Waals surface area contributed by atoms with Crippen molar-refractivity contribution in [2.75, 3.05) is 18.5 Å². The molecule has 1 saturated carbocycles. The van der Waals surface area contributed by atoms with E-state index in [0.29, 0.717) is 16.8 Å². The van der Waals surface area contributed by atoms with Crippen molar-refractivity contribution in [1.82, 2.24) is 10.3 Å². The highest BCUT2D eigenvalue weighted by atomic mass is 19.1. The minimum absolute atomic E-state index is 0.0319. The summed E-state index contributed by atoms with van der Waals surface area (Å²) in [6, 6.07) is 8.02. The predicted octanol–water partition coefficient (Wildman–Crippen LogP) is 5.92. The minimum atomic E-state index is -1.17. The van der Waals surface area contributed by atoms with E-state index in [4.69, 9.17) is 15.5 Å². The molecule has 1 fully saturated rings. The number of ether oxygens (including phenoxy) is 1. The van der Waals surface area contributed by atoms with Gasteiger partial charge in [-0.05, 0) is 100 Å². The molecule has 2 aromatic carbocycles. The first-order chi connectivity index (χ1) is 20.4. The number of aryl methyl sites for hydroxylation is 2. The molecule has 43 heavy (non-hydrogen) atoms. The summed E-state index contributed by atoms with van der Waals surface area (Å²) in [6.07, 6.45) is 3.99.